The number of ether oxygens (including phenoxy) is 3. The van der Waals surface area contributed by atoms with E-state index in [1.54, 1.807) is 0 Å². The second kappa shape index (κ2) is 6.51. The van der Waals surface area contributed by atoms with E-state index in [0.29, 0.717) is 6.61 Å². The molecule has 126 valence electrons. The highest BCUT2D eigenvalue weighted by Gasteiger charge is 2.34. The van der Waals surface area contributed by atoms with Gasteiger partial charge in [0.25, 0.3) is 0 Å². The zero-order chi connectivity index (χ0) is 16.5. The van der Waals surface area contributed by atoms with E-state index in [4.69, 9.17) is 14.2 Å². The molecule has 2 aliphatic heterocycles. The van der Waals surface area contributed by atoms with Crippen LogP contribution < -0.4 is 4.74 Å². The minimum Gasteiger partial charge on any atom is -0.455 e. The van der Waals surface area contributed by atoms with Gasteiger partial charge in [-0.1, -0.05) is 17.7 Å². The second-order valence-corrected chi connectivity index (χ2v) is 6.34. The van der Waals surface area contributed by atoms with E-state index in [2.05, 4.69) is 28.9 Å². The Kier molecular flexibility index (Phi) is 4.22. The molecule has 0 N–H and O–H groups in total. The van der Waals surface area contributed by atoms with Crippen molar-refractivity contribution in [3.63, 3.8) is 0 Å². The van der Waals surface area contributed by atoms with Gasteiger partial charge >= 0.3 is 0 Å². The summed E-state index contributed by atoms with van der Waals surface area (Å²) in [6.07, 6.45) is 1.83. The maximum absolute atomic E-state index is 6.23. The van der Waals surface area contributed by atoms with E-state index < -0.39 is 0 Å². The number of aryl methyl sites for hydroxylation is 2. The third-order valence-electron chi connectivity index (χ3n) is 4.60. The van der Waals surface area contributed by atoms with Crippen LogP contribution in [0, 0.1) is 13.8 Å². The standard InChI is InChI=1S/C19H22N2O3/c1-13-3-5-16(6-4-13)24-18-14(2)20-11-15-12-23-19(17(15)18)21-7-9-22-10-8-21/h3-6,11,19H,7-10,12H2,1-2H3. The molecule has 0 aliphatic carbocycles. The summed E-state index contributed by atoms with van der Waals surface area (Å²) >= 11 is 0. The quantitative estimate of drug-likeness (QED) is 0.865. The molecule has 1 saturated heterocycles. The van der Waals surface area contributed by atoms with E-state index in [0.717, 1.165) is 54.6 Å². The molecule has 4 rings (SSSR count). The van der Waals surface area contributed by atoms with Crippen LogP contribution in [0.2, 0.25) is 0 Å². The average Bonchev–Trinajstić information content (AvgIpc) is 3.04. The van der Waals surface area contributed by atoms with Crippen molar-refractivity contribution < 1.29 is 14.2 Å². The zero-order valence-electron chi connectivity index (χ0n) is 14.1. The number of hydrogen-bond acceptors (Lipinski definition) is 5. The van der Waals surface area contributed by atoms with Crippen LogP contribution in [-0.2, 0) is 16.1 Å². The van der Waals surface area contributed by atoms with Crippen LogP contribution in [0.15, 0.2) is 30.5 Å². The van der Waals surface area contributed by atoms with Crippen molar-refractivity contribution >= 4 is 0 Å². The third-order valence-corrected chi connectivity index (χ3v) is 4.60. The van der Waals surface area contributed by atoms with Crippen LogP contribution in [0.4, 0.5) is 0 Å². The number of nitrogens with zero attached hydrogens (tertiary/aromatic N) is 2. The molecule has 1 unspecified atom stereocenters. The first kappa shape index (κ1) is 15.6. The Morgan fingerprint density at radius 3 is 2.62 bits per heavy atom. The molecule has 1 fully saturated rings. The van der Waals surface area contributed by atoms with Crippen LogP contribution in [0.5, 0.6) is 11.5 Å². The summed E-state index contributed by atoms with van der Waals surface area (Å²) in [6, 6.07) is 8.09. The molecule has 0 saturated carbocycles. The Balaban J connectivity index is 1.69. The SMILES string of the molecule is Cc1ccc(Oc2c(C)ncc3c2C(N2CCOCC2)OC3)cc1. The molecule has 0 amide bonds. The summed E-state index contributed by atoms with van der Waals surface area (Å²) in [5, 5.41) is 0. The molecule has 3 heterocycles. The molecule has 0 bridgehead atoms. The van der Waals surface area contributed by atoms with Gasteiger partial charge in [-0.2, -0.15) is 0 Å². The van der Waals surface area contributed by atoms with Gasteiger partial charge in [-0.3, -0.25) is 9.88 Å². The van der Waals surface area contributed by atoms with Crippen LogP contribution in [0.25, 0.3) is 0 Å². The van der Waals surface area contributed by atoms with Gasteiger partial charge in [-0.25, -0.2) is 0 Å². The molecule has 0 radical (unpaired) electrons. The monoisotopic (exact) mass is 326 g/mol. The average molecular weight is 326 g/mol. The minimum absolute atomic E-state index is 0.0777. The van der Waals surface area contributed by atoms with E-state index in [1.165, 1.54) is 5.56 Å². The van der Waals surface area contributed by atoms with Crippen LogP contribution >= 0.6 is 0 Å². The van der Waals surface area contributed by atoms with Crippen molar-refractivity contribution in [2.24, 2.45) is 0 Å². The van der Waals surface area contributed by atoms with Crippen LogP contribution in [0.3, 0.4) is 0 Å². The lowest BCUT2D eigenvalue weighted by Gasteiger charge is -2.32. The van der Waals surface area contributed by atoms with Crippen molar-refractivity contribution in [2.45, 2.75) is 26.7 Å². The summed E-state index contributed by atoms with van der Waals surface area (Å²) in [5.41, 5.74) is 4.33. The Bertz CT molecular complexity index is 724. The highest BCUT2D eigenvalue weighted by atomic mass is 16.5. The predicted molar refractivity (Wildman–Crippen MR) is 90.1 cm³/mol. The van der Waals surface area contributed by atoms with Gasteiger partial charge < -0.3 is 14.2 Å². The third kappa shape index (κ3) is 2.90. The maximum Gasteiger partial charge on any atom is 0.156 e. The van der Waals surface area contributed by atoms with Crippen molar-refractivity contribution in [1.29, 1.82) is 0 Å². The molecule has 2 aliphatic rings. The van der Waals surface area contributed by atoms with Gasteiger partial charge in [0.05, 0.1) is 25.5 Å². The smallest absolute Gasteiger partial charge is 0.156 e. The summed E-state index contributed by atoms with van der Waals surface area (Å²) in [5.74, 6) is 1.65. The minimum atomic E-state index is -0.0777. The van der Waals surface area contributed by atoms with Gasteiger partial charge in [0.15, 0.2) is 5.75 Å². The lowest BCUT2D eigenvalue weighted by atomic mass is 10.1. The van der Waals surface area contributed by atoms with Crippen molar-refractivity contribution in [3.8, 4) is 11.5 Å². The molecule has 1 aromatic heterocycles. The van der Waals surface area contributed by atoms with Gasteiger partial charge in [-0.05, 0) is 26.0 Å². The summed E-state index contributed by atoms with van der Waals surface area (Å²) in [6.45, 7) is 7.86. The van der Waals surface area contributed by atoms with Gasteiger partial charge in [0, 0.05) is 30.4 Å². The van der Waals surface area contributed by atoms with Gasteiger partial charge in [-0.15, -0.1) is 0 Å². The van der Waals surface area contributed by atoms with E-state index in [9.17, 15) is 0 Å². The number of fused-ring (bicyclic) bond motifs is 1. The molecule has 5 heteroatoms. The molecular formula is C19H22N2O3. The lowest BCUT2D eigenvalue weighted by molar-refractivity contribution is -0.0918. The molecular weight excluding hydrogens is 304 g/mol. The topological polar surface area (TPSA) is 43.8 Å². The Morgan fingerprint density at radius 1 is 1.12 bits per heavy atom. The first-order chi connectivity index (χ1) is 11.7. The number of hydrogen-bond donors (Lipinski definition) is 0. The first-order valence-electron chi connectivity index (χ1n) is 8.38. The maximum atomic E-state index is 6.23. The first-order valence-corrected chi connectivity index (χ1v) is 8.38. The molecule has 0 spiro atoms. The molecule has 1 aromatic carbocycles. The molecule has 24 heavy (non-hydrogen) atoms. The highest BCUT2D eigenvalue weighted by Crippen LogP contribution is 2.42. The van der Waals surface area contributed by atoms with Gasteiger partial charge in [0.2, 0.25) is 0 Å². The van der Waals surface area contributed by atoms with Crippen LogP contribution in [-0.4, -0.2) is 36.2 Å². The van der Waals surface area contributed by atoms with E-state index >= 15 is 0 Å². The van der Waals surface area contributed by atoms with E-state index in [1.807, 2.05) is 25.3 Å². The number of morpholine rings is 1. The number of pyridine rings is 1. The number of benzene rings is 1. The predicted octanol–water partition coefficient (Wildman–Crippen LogP) is 3.35. The largest absolute Gasteiger partial charge is 0.455 e. The summed E-state index contributed by atoms with van der Waals surface area (Å²) in [7, 11) is 0. The Labute approximate surface area is 142 Å². The summed E-state index contributed by atoms with van der Waals surface area (Å²) in [4.78, 5) is 6.81. The molecule has 1 atom stereocenters. The highest BCUT2D eigenvalue weighted by molar-refractivity contribution is 5.47. The molecule has 2 aromatic rings. The molecule has 5 nitrogen and oxygen atoms in total. The number of rotatable bonds is 3. The second-order valence-electron chi connectivity index (χ2n) is 6.34. The van der Waals surface area contributed by atoms with Gasteiger partial charge in [0.1, 0.15) is 12.0 Å². The number of aromatic nitrogens is 1. The Hall–Kier alpha value is -1.95. The normalized spacial score (nSPS) is 20.8. The fourth-order valence-corrected chi connectivity index (χ4v) is 3.23. The van der Waals surface area contributed by atoms with E-state index in [-0.39, 0.29) is 6.23 Å². The van der Waals surface area contributed by atoms with Crippen molar-refractivity contribution in [3.05, 3.63) is 52.8 Å². The lowest BCUT2D eigenvalue weighted by Crippen LogP contribution is -2.39. The fraction of sp³-hybridized carbons (Fsp3) is 0.421. The van der Waals surface area contributed by atoms with Crippen molar-refractivity contribution in [2.75, 3.05) is 26.3 Å². The zero-order valence-corrected chi connectivity index (χ0v) is 14.1. The van der Waals surface area contributed by atoms with Crippen LogP contribution in [0.1, 0.15) is 28.6 Å². The summed E-state index contributed by atoms with van der Waals surface area (Å²) < 4.78 is 17.8. The van der Waals surface area contributed by atoms with Crippen molar-refractivity contribution in [1.82, 2.24) is 9.88 Å². The Morgan fingerprint density at radius 2 is 1.88 bits per heavy atom. The fourth-order valence-electron chi connectivity index (χ4n) is 3.23.